The number of amides is 1. The van der Waals surface area contributed by atoms with Crippen LogP contribution in [0, 0.1) is 6.92 Å². The predicted molar refractivity (Wildman–Crippen MR) is 162 cm³/mol. The van der Waals surface area contributed by atoms with Crippen molar-refractivity contribution in [3.63, 3.8) is 0 Å². The van der Waals surface area contributed by atoms with Gasteiger partial charge in [-0.2, -0.15) is 0 Å². The van der Waals surface area contributed by atoms with E-state index in [9.17, 15) is 9.59 Å². The quantitative estimate of drug-likeness (QED) is 0.214. The molecule has 0 spiro atoms. The summed E-state index contributed by atoms with van der Waals surface area (Å²) in [6, 6.07) is 10.6. The standard InChI is InChI=1S/C31H36Cl2N4O4/c1-20-17-24(33)28(34-19-20)22-10-12-25(29(38)36-31(30(39)40-4)13-6-5-7-14-31)35-27(22)21-9-11-23(32)26(18-21)41-16-8-15-37(2)3/h9-12,17-19H,5-8,13-16H2,1-4H3,(H,36,38). The van der Waals surface area contributed by atoms with Crippen LogP contribution in [0.5, 0.6) is 5.75 Å². The number of halogens is 2. The molecule has 1 fully saturated rings. The second-order valence-electron chi connectivity index (χ2n) is 10.7. The minimum atomic E-state index is -1.07. The van der Waals surface area contributed by atoms with Crippen molar-refractivity contribution in [3.8, 4) is 28.3 Å². The Hall–Kier alpha value is -3.20. The van der Waals surface area contributed by atoms with Crippen molar-refractivity contribution in [1.29, 1.82) is 0 Å². The first kappa shape index (κ1) is 30.8. The predicted octanol–water partition coefficient (Wildman–Crippen LogP) is 6.36. The molecule has 10 heteroatoms. The zero-order chi connectivity index (χ0) is 29.6. The summed E-state index contributed by atoms with van der Waals surface area (Å²) in [4.78, 5) is 37.8. The van der Waals surface area contributed by atoms with Gasteiger partial charge in [-0.25, -0.2) is 9.78 Å². The van der Waals surface area contributed by atoms with E-state index < -0.39 is 17.4 Å². The number of hydrogen-bond donors (Lipinski definition) is 1. The summed E-state index contributed by atoms with van der Waals surface area (Å²) in [5, 5.41) is 3.89. The normalized spacial score (nSPS) is 14.5. The SMILES string of the molecule is COC(=O)C1(NC(=O)c2ccc(-c3ncc(C)cc3Cl)c(-c3ccc(Cl)c(OCCCN(C)C)c3)n2)CCCCC1. The number of hydrogen-bond acceptors (Lipinski definition) is 7. The molecule has 1 aliphatic rings. The first-order chi connectivity index (χ1) is 19.6. The van der Waals surface area contributed by atoms with Crippen LogP contribution >= 0.6 is 23.2 Å². The molecule has 1 saturated carbocycles. The summed E-state index contributed by atoms with van der Waals surface area (Å²) in [7, 11) is 5.36. The van der Waals surface area contributed by atoms with Gasteiger partial charge in [0.2, 0.25) is 0 Å². The number of carbonyl (C=O) groups excluding carboxylic acids is 2. The molecule has 8 nitrogen and oxygen atoms in total. The topological polar surface area (TPSA) is 93.6 Å². The molecule has 0 saturated heterocycles. The zero-order valence-corrected chi connectivity index (χ0v) is 25.4. The molecule has 41 heavy (non-hydrogen) atoms. The van der Waals surface area contributed by atoms with Gasteiger partial charge in [0.05, 0.1) is 35.1 Å². The summed E-state index contributed by atoms with van der Waals surface area (Å²) >= 11 is 13.1. The lowest BCUT2D eigenvalue weighted by Crippen LogP contribution is -2.56. The molecule has 1 aliphatic carbocycles. The third-order valence-corrected chi connectivity index (χ3v) is 7.81. The van der Waals surface area contributed by atoms with Crippen molar-refractivity contribution in [1.82, 2.24) is 20.2 Å². The number of nitrogens with one attached hydrogen (secondary N) is 1. The summed E-state index contributed by atoms with van der Waals surface area (Å²) in [5.74, 6) is -0.380. The molecule has 0 radical (unpaired) electrons. The summed E-state index contributed by atoms with van der Waals surface area (Å²) < 4.78 is 11.1. The second kappa shape index (κ2) is 13.6. The van der Waals surface area contributed by atoms with E-state index in [0.717, 1.165) is 37.8 Å². The van der Waals surface area contributed by atoms with Crippen LogP contribution in [-0.2, 0) is 9.53 Å². The van der Waals surface area contributed by atoms with Gasteiger partial charge in [-0.05, 0) is 76.2 Å². The maximum atomic E-state index is 13.6. The van der Waals surface area contributed by atoms with Crippen LogP contribution in [-0.4, -0.2) is 66.6 Å². The van der Waals surface area contributed by atoms with E-state index >= 15 is 0 Å². The van der Waals surface area contributed by atoms with E-state index in [4.69, 9.17) is 37.7 Å². The van der Waals surface area contributed by atoms with Crippen LogP contribution in [0.25, 0.3) is 22.5 Å². The lowest BCUT2D eigenvalue weighted by atomic mass is 9.81. The number of benzene rings is 1. The maximum Gasteiger partial charge on any atom is 0.331 e. The molecule has 1 N–H and O–H groups in total. The lowest BCUT2D eigenvalue weighted by molar-refractivity contribution is -0.149. The molecule has 0 aliphatic heterocycles. The first-order valence-electron chi connectivity index (χ1n) is 13.8. The number of pyridine rings is 2. The third kappa shape index (κ3) is 7.36. The number of carbonyl (C=O) groups is 2. The fraction of sp³-hybridized carbons (Fsp3) is 0.419. The molecule has 2 heterocycles. The van der Waals surface area contributed by atoms with E-state index in [2.05, 4.69) is 15.2 Å². The number of methoxy groups -OCH3 is 1. The van der Waals surface area contributed by atoms with E-state index in [1.165, 1.54) is 7.11 Å². The van der Waals surface area contributed by atoms with Crippen LogP contribution in [0.15, 0.2) is 42.6 Å². The van der Waals surface area contributed by atoms with Crippen molar-refractivity contribution >= 4 is 35.1 Å². The zero-order valence-electron chi connectivity index (χ0n) is 23.9. The average Bonchev–Trinajstić information content (AvgIpc) is 2.96. The van der Waals surface area contributed by atoms with Gasteiger partial charge < -0.3 is 19.7 Å². The largest absolute Gasteiger partial charge is 0.492 e. The fourth-order valence-electron chi connectivity index (χ4n) is 5.06. The van der Waals surface area contributed by atoms with Crippen LogP contribution in [0.4, 0.5) is 0 Å². The van der Waals surface area contributed by atoms with Gasteiger partial charge in [0, 0.05) is 23.9 Å². The van der Waals surface area contributed by atoms with Crippen molar-refractivity contribution in [2.45, 2.75) is 51.0 Å². The molecule has 0 atom stereocenters. The number of aromatic nitrogens is 2. The molecular formula is C31H36Cl2N4O4. The molecule has 4 rings (SSSR count). The van der Waals surface area contributed by atoms with E-state index in [1.807, 2.05) is 39.2 Å². The Morgan fingerprint density at radius 3 is 2.46 bits per heavy atom. The summed E-state index contributed by atoms with van der Waals surface area (Å²) in [6.07, 6.45) is 6.26. The van der Waals surface area contributed by atoms with Gasteiger partial charge in [-0.1, -0.05) is 48.5 Å². The molecule has 1 aromatic carbocycles. The highest BCUT2D eigenvalue weighted by molar-refractivity contribution is 6.33. The first-order valence-corrected chi connectivity index (χ1v) is 14.5. The van der Waals surface area contributed by atoms with Crippen LogP contribution < -0.4 is 10.1 Å². The van der Waals surface area contributed by atoms with Crippen molar-refractivity contribution in [2.24, 2.45) is 0 Å². The number of nitrogens with zero attached hydrogens (tertiary/aromatic N) is 3. The van der Waals surface area contributed by atoms with Gasteiger partial charge in [-0.15, -0.1) is 0 Å². The monoisotopic (exact) mass is 598 g/mol. The fourth-order valence-corrected chi connectivity index (χ4v) is 5.56. The molecule has 2 aromatic heterocycles. The van der Waals surface area contributed by atoms with E-state index in [1.54, 1.807) is 24.4 Å². The molecule has 0 unspecified atom stereocenters. The van der Waals surface area contributed by atoms with Crippen molar-refractivity contribution < 1.29 is 19.1 Å². The highest BCUT2D eigenvalue weighted by Crippen LogP contribution is 2.37. The Morgan fingerprint density at radius 1 is 1.02 bits per heavy atom. The number of ether oxygens (including phenoxy) is 2. The Labute approximate surface area is 251 Å². The number of rotatable bonds is 10. The Bertz CT molecular complexity index is 1410. The molecule has 1 amide bonds. The van der Waals surface area contributed by atoms with E-state index in [-0.39, 0.29) is 5.69 Å². The number of aryl methyl sites for hydroxylation is 1. The Balaban J connectivity index is 1.75. The van der Waals surface area contributed by atoms with Crippen LogP contribution in [0.1, 0.15) is 54.6 Å². The van der Waals surface area contributed by atoms with Crippen LogP contribution in [0.3, 0.4) is 0 Å². The van der Waals surface area contributed by atoms with Gasteiger partial charge in [0.1, 0.15) is 17.0 Å². The average molecular weight is 600 g/mol. The van der Waals surface area contributed by atoms with Gasteiger partial charge >= 0.3 is 5.97 Å². The smallest absolute Gasteiger partial charge is 0.331 e. The minimum absolute atomic E-state index is 0.157. The molecular weight excluding hydrogens is 563 g/mol. The lowest BCUT2D eigenvalue weighted by Gasteiger charge is -2.35. The Kier molecular flexibility index (Phi) is 10.2. The van der Waals surface area contributed by atoms with Gasteiger partial charge in [-0.3, -0.25) is 9.78 Å². The maximum absolute atomic E-state index is 13.6. The van der Waals surface area contributed by atoms with Gasteiger partial charge in [0.15, 0.2) is 0 Å². The second-order valence-corrected chi connectivity index (χ2v) is 11.5. The highest BCUT2D eigenvalue weighted by Gasteiger charge is 2.42. The van der Waals surface area contributed by atoms with Crippen molar-refractivity contribution in [3.05, 3.63) is 63.9 Å². The third-order valence-electron chi connectivity index (χ3n) is 7.21. The van der Waals surface area contributed by atoms with Crippen molar-refractivity contribution in [2.75, 3.05) is 34.4 Å². The van der Waals surface area contributed by atoms with Gasteiger partial charge in [0.25, 0.3) is 5.91 Å². The van der Waals surface area contributed by atoms with E-state index in [0.29, 0.717) is 57.8 Å². The molecule has 218 valence electrons. The summed E-state index contributed by atoms with van der Waals surface area (Å²) in [6.45, 7) is 3.28. The number of esters is 1. The van der Waals surface area contributed by atoms with Crippen LogP contribution in [0.2, 0.25) is 10.0 Å². The molecule has 3 aromatic rings. The highest BCUT2D eigenvalue weighted by atomic mass is 35.5. The Morgan fingerprint density at radius 2 is 1.78 bits per heavy atom. The molecule has 0 bridgehead atoms. The summed E-state index contributed by atoms with van der Waals surface area (Å²) in [5.41, 5.74) is 2.36. The minimum Gasteiger partial charge on any atom is -0.492 e.